The molecule has 3 heteroatoms. The minimum Gasteiger partial charge on any atom is -0.497 e. The molecule has 0 atom stereocenters. The summed E-state index contributed by atoms with van der Waals surface area (Å²) in [6.45, 7) is 2.07. The lowest BCUT2D eigenvalue weighted by Crippen LogP contribution is -1.88. The molecule has 0 saturated carbocycles. The number of nitriles is 1. The van der Waals surface area contributed by atoms with Crippen LogP contribution in [0.25, 0.3) is 17.2 Å². The summed E-state index contributed by atoms with van der Waals surface area (Å²) in [5, 5.41) is 9.88. The molecule has 1 aliphatic carbocycles. The molecule has 0 heterocycles. The van der Waals surface area contributed by atoms with E-state index < -0.39 is 0 Å². The quantitative estimate of drug-likeness (QED) is 0.738. The van der Waals surface area contributed by atoms with Crippen LogP contribution in [0.4, 0.5) is 0 Å². The zero-order chi connectivity index (χ0) is 16.4. The summed E-state index contributed by atoms with van der Waals surface area (Å²) in [5.41, 5.74) is 6.68. The highest BCUT2D eigenvalue weighted by Gasteiger charge is 2.23. The van der Waals surface area contributed by atoms with Crippen molar-refractivity contribution >= 4 is 28.8 Å². The van der Waals surface area contributed by atoms with Crippen LogP contribution in [0.2, 0.25) is 5.02 Å². The second-order valence-corrected chi connectivity index (χ2v) is 5.90. The molecule has 2 aromatic rings. The van der Waals surface area contributed by atoms with Crippen molar-refractivity contribution in [2.24, 2.45) is 0 Å². The number of hydrogen-bond donors (Lipinski definition) is 0. The zero-order valence-electron chi connectivity index (χ0n) is 13.1. The van der Waals surface area contributed by atoms with E-state index in [-0.39, 0.29) is 0 Å². The first-order valence-electron chi connectivity index (χ1n) is 7.37. The monoisotopic (exact) mass is 321 g/mol. The van der Waals surface area contributed by atoms with Crippen LogP contribution < -0.4 is 4.74 Å². The molecule has 0 N–H and O–H groups in total. The van der Waals surface area contributed by atoms with Crippen LogP contribution in [0, 0.1) is 11.3 Å². The maximum absolute atomic E-state index is 9.15. The van der Waals surface area contributed by atoms with Gasteiger partial charge in [-0.15, -0.1) is 0 Å². The van der Waals surface area contributed by atoms with Crippen molar-refractivity contribution in [3.63, 3.8) is 0 Å². The van der Waals surface area contributed by atoms with Gasteiger partial charge in [-0.1, -0.05) is 29.8 Å². The molecule has 0 spiro atoms. The summed E-state index contributed by atoms with van der Waals surface area (Å²) in [5.74, 6) is 0.805. The Bertz CT molecular complexity index is 854. The Balaban J connectivity index is 2.15. The Morgan fingerprint density at radius 2 is 1.87 bits per heavy atom. The molecule has 0 unspecified atom stereocenters. The van der Waals surface area contributed by atoms with Gasteiger partial charge in [-0.05, 0) is 70.7 Å². The van der Waals surface area contributed by atoms with Crippen molar-refractivity contribution in [1.82, 2.24) is 0 Å². The van der Waals surface area contributed by atoms with Gasteiger partial charge in [0.15, 0.2) is 0 Å². The predicted molar refractivity (Wildman–Crippen MR) is 95.1 cm³/mol. The summed E-state index contributed by atoms with van der Waals surface area (Å²) in [6, 6.07) is 16.0. The average Bonchev–Trinajstić information content (AvgIpc) is 2.82. The molecular formula is C20H16ClNO. The number of rotatable bonds is 3. The van der Waals surface area contributed by atoms with Gasteiger partial charge in [-0.3, -0.25) is 0 Å². The Morgan fingerprint density at radius 1 is 1.13 bits per heavy atom. The minimum atomic E-state index is 0.393. The molecule has 0 bridgehead atoms. The third kappa shape index (κ3) is 2.88. The first-order valence-corrected chi connectivity index (χ1v) is 7.75. The molecule has 2 aromatic carbocycles. The summed E-state index contributed by atoms with van der Waals surface area (Å²) < 4.78 is 5.33. The van der Waals surface area contributed by atoms with Gasteiger partial charge in [0.05, 0.1) is 19.6 Å². The highest BCUT2D eigenvalue weighted by atomic mass is 35.5. The number of fused-ring (bicyclic) bond motifs is 1. The smallest absolute Gasteiger partial charge is 0.119 e. The fourth-order valence-electron chi connectivity index (χ4n) is 2.92. The van der Waals surface area contributed by atoms with Gasteiger partial charge in [0.25, 0.3) is 0 Å². The van der Waals surface area contributed by atoms with E-state index in [9.17, 15) is 0 Å². The third-order valence-electron chi connectivity index (χ3n) is 4.14. The van der Waals surface area contributed by atoms with E-state index in [1.165, 1.54) is 0 Å². The van der Waals surface area contributed by atoms with E-state index in [1.54, 1.807) is 7.11 Å². The molecule has 1 aliphatic rings. The number of hydrogen-bond acceptors (Lipinski definition) is 2. The standard InChI is InChI=1S/C20H16ClNO/c1-13-17(9-10-22)20-12-16(23-2)7-8-18(20)19(13)11-14-3-5-15(21)6-4-14/h3-8,11-12H,9H2,1-2H3. The number of nitrogens with zero attached hydrogens (tertiary/aromatic N) is 1. The van der Waals surface area contributed by atoms with Crippen molar-refractivity contribution < 1.29 is 4.74 Å². The molecule has 2 nitrogen and oxygen atoms in total. The lowest BCUT2D eigenvalue weighted by molar-refractivity contribution is 0.414. The Kier molecular flexibility index (Phi) is 4.23. The number of methoxy groups -OCH3 is 1. The molecule has 23 heavy (non-hydrogen) atoms. The van der Waals surface area contributed by atoms with Crippen LogP contribution in [0.1, 0.15) is 30.0 Å². The van der Waals surface area contributed by atoms with Gasteiger partial charge < -0.3 is 4.74 Å². The Morgan fingerprint density at radius 3 is 2.52 bits per heavy atom. The van der Waals surface area contributed by atoms with Crippen LogP contribution in [-0.2, 0) is 0 Å². The Hall–Kier alpha value is -2.50. The van der Waals surface area contributed by atoms with Gasteiger partial charge in [0.1, 0.15) is 5.75 Å². The third-order valence-corrected chi connectivity index (χ3v) is 4.39. The van der Waals surface area contributed by atoms with Crippen LogP contribution in [0.3, 0.4) is 0 Å². The van der Waals surface area contributed by atoms with E-state index in [4.69, 9.17) is 21.6 Å². The highest BCUT2D eigenvalue weighted by Crippen LogP contribution is 2.44. The second kappa shape index (κ2) is 6.32. The van der Waals surface area contributed by atoms with E-state index in [2.05, 4.69) is 25.1 Å². The van der Waals surface area contributed by atoms with Gasteiger partial charge in [-0.2, -0.15) is 5.26 Å². The van der Waals surface area contributed by atoms with E-state index in [1.807, 2.05) is 36.4 Å². The summed E-state index contributed by atoms with van der Waals surface area (Å²) in [7, 11) is 1.65. The van der Waals surface area contributed by atoms with Crippen molar-refractivity contribution in [3.8, 4) is 11.8 Å². The van der Waals surface area contributed by atoms with Crippen LogP contribution in [0.15, 0.2) is 48.0 Å². The van der Waals surface area contributed by atoms with Crippen LogP contribution in [0.5, 0.6) is 5.75 Å². The highest BCUT2D eigenvalue weighted by molar-refractivity contribution is 6.30. The SMILES string of the molecule is COc1ccc2c(c1)C(CC#N)=C(C)C2=Cc1ccc(Cl)cc1. The van der Waals surface area contributed by atoms with Crippen molar-refractivity contribution in [2.45, 2.75) is 13.3 Å². The summed E-state index contributed by atoms with van der Waals surface area (Å²) >= 11 is 5.96. The number of halogens is 1. The van der Waals surface area contributed by atoms with E-state index >= 15 is 0 Å². The molecule has 0 amide bonds. The summed E-state index contributed by atoms with van der Waals surface area (Å²) in [6.07, 6.45) is 2.53. The number of allylic oxidation sites excluding steroid dienone is 3. The molecule has 0 radical (unpaired) electrons. The Labute approximate surface area is 141 Å². The van der Waals surface area contributed by atoms with E-state index in [0.29, 0.717) is 6.42 Å². The maximum Gasteiger partial charge on any atom is 0.119 e. The van der Waals surface area contributed by atoms with E-state index in [0.717, 1.165) is 44.2 Å². The van der Waals surface area contributed by atoms with Crippen LogP contribution >= 0.6 is 11.6 Å². The summed E-state index contributed by atoms with van der Waals surface area (Å²) in [4.78, 5) is 0. The number of ether oxygens (including phenoxy) is 1. The van der Waals surface area contributed by atoms with Gasteiger partial charge in [0.2, 0.25) is 0 Å². The molecule has 0 fully saturated rings. The van der Waals surface area contributed by atoms with Gasteiger partial charge in [0, 0.05) is 5.02 Å². The normalized spacial score (nSPS) is 14.8. The van der Waals surface area contributed by atoms with Crippen molar-refractivity contribution in [2.75, 3.05) is 7.11 Å². The fourth-order valence-corrected chi connectivity index (χ4v) is 3.05. The zero-order valence-corrected chi connectivity index (χ0v) is 13.8. The lowest BCUT2D eigenvalue weighted by Gasteiger charge is -2.07. The predicted octanol–water partition coefficient (Wildman–Crippen LogP) is 5.59. The minimum absolute atomic E-state index is 0.393. The maximum atomic E-state index is 9.15. The van der Waals surface area contributed by atoms with Gasteiger partial charge in [-0.25, -0.2) is 0 Å². The average molecular weight is 322 g/mol. The molecular weight excluding hydrogens is 306 g/mol. The van der Waals surface area contributed by atoms with Gasteiger partial charge >= 0.3 is 0 Å². The first kappa shape index (κ1) is 15.4. The number of benzene rings is 2. The topological polar surface area (TPSA) is 33.0 Å². The molecule has 114 valence electrons. The molecule has 0 aromatic heterocycles. The van der Waals surface area contributed by atoms with Crippen molar-refractivity contribution in [3.05, 3.63) is 69.8 Å². The second-order valence-electron chi connectivity index (χ2n) is 5.46. The molecule has 3 rings (SSSR count). The first-order chi connectivity index (χ1) is 11.1. The largest absolute Gasteiger partial charge is 0.497 e. The van der Waals surface area contributed by atoms with Crippen LogP contribution in [-0.4, -0.2) is 7.11 Å². The lowest BCUT2D eigenvalue weighted by atomic mass is 10.0. The fraction of sp³-hybridized carbons (Fsp3) is 0.150. The molecule has 0 saturated heterocycles. The molecule has 0 aliphatic heterocycles. The van der Waals surface area contributed by atoms with Crippen molar-refractivity contribution in [1.29, 1.82) is 5.26 Å².